The number of pyridine rings is 2. The molecule has 0 unspecified atom stereocenters. The normalized spacial score (nSPS) is 21.9. The quantitative estimate of drug-likeness (QED) is 0.599. The predicted octanol–water partition coefficient (Wildman–Crippen LogP) is 2.57. The minimum Gasteiger partial charge on any atom is -0.379 e. The van der Waals surface area contributed by atoms with E-state index in [1.165, 1.54) is 5.69 Å². The van der Waals surface area contributed by atoms with Crippen LogP contribution in [0, 0.1) is 0 Å². The molecule has 0 spiro atoms. The van der Waals surface area contributed by atoms with E-state index in [1.807, 2.05) is 42.9 Å². The summed E-state index contributed by atoms with van der Waals surface area (Å²) in [7, 11) is 0. The van der Waals surface area contributed by atoms with Crippen molar-refractivity contribution in [1.82, 2.24) is 29.7 Å². The molecular formula is C23H26N6OS. The molecule has 0 radical (unpaired) electrons. The average molecular weight is 435 g/mol. The maximum absolute atomic E-state index is 5.82. The van der Waals surface area contributed by atoms with Crippen molar-refractivity contribution in [2.24, 2.45) is 0 Å². The number of aromatic nitrogens is 3. The molecule has 2 aliphatic rings. The summed E-state index contributed by atoms with van der Waals surface area (Å²) in [4.78, 5) is 13.6. The Hall–Kier alpha value is -2.81. The number of ether oxygens (including phenoxy) is 1. The Bertz CT molecular complexity index is 1010. The zero-order valence-electron chi connectivity index (χ0n) is 17.3. The van der Waals surface area contributed by atoms with Crippen molar-refractivity contribution in [2.45, 2.75) is 12.1 Å². The second-order valence-corrected chi connectivity index (χ2v) is 8.17. The monoisotopic (exact) mass is 434 g/mol. The number of nitrogens with zero attached hydrogens (tertiary/aromatic N) is 5. The molecule has 0 aliphatic carbocycles. The highest BCUT2D eigenvalue weighted by molar-refractivity contribution is 7.80. The van der Waals surface area contributed by atoms with E-state index in [2.05, 4.69) is 54.0 Å². The molecule has 2 atom stereocenters. The molecular weight excluding hydrogens is 408 g/mol. The molecule has 8 heteroatoms. The van der Waals surface area contributed by atoms with Gasteiger partial charge in [-0.05, 0) is 48.6 Å². The first kappa shape index (κ1) is 20.1. The molecule has 7 nitrogen and oxygen atoms in total. The fourth-order valence-electron chi connectivity index (χ4n) is 4.42. The van der Waals surface area contributed by atoms with Gasteiger partial charge in [-0.25, -0.2) is 0 Å². The first-order chi connectivity index (χ1) is 15.3. The van der Waals surface area contributed by atoms with Gasteiger partial charge in [0.15, 0.2) is 5.11 Å². The summed E-state index contributed by atoms with van der Waals surface area (Å²) in [5.74, 6) is 0. The van der Waals surface area contributed by atoms with Gasteiger partial charge < -0.3 is 19.5 Å². The summed E-state index contributed by atoms with van der Waals surface area (Å²) < 4.78 is 7.72. The van der Waals surface area contributed by atoms with Gasteiger partial charge in [-0.15, -0.1) is 0 Å². The van der Waals surface area contributed by atoms with Gasteiger partial charge in [0.1, 0.15) is 0 Å². The number of hydrogen-bond donors (Lipinski definition) is 1. The Balaban J connectivity index is 1.49. The molecule has 3 aromatic rings. The molecule has 2 saturated heterocycles. The van der Waals surface area contributed by atoms with E-state index in [9.17, 15) is 0 Å². The molecule has 0 aromatic carbocycles. The van der Waals surface area contributed by atoms with Crippen LogP contribution < -0.4 is 5.32 Å². The molecule has 160 valence electrons. The highest BCUT2D eigenvalue weighted by Crippen LogP contribution is 2.39. The van der Waals surface area contributed by atoms with E-state index in [1.54, 1.807) is 0 Å². The zero-order chi connectivity index (χ0) is 21.0. The van der Waals surface area contributed by atoms with Crippen LogP contribution in [0.4, 0.5) is 0 Å². The predicted molar refractivity (Wildman–Crippen MR) is 123 cm³/mol. The Labute approximate surface area is 187 Å². The molecule has 0 amide bonds. The Kier molecular flexibility index (Phi) is 5.93. The minimum absolute atomic E-state index is 0.0196. The molecule has 0 saturated carbocycles. The van der Waals surface area contributed by atoms with Gasteiger partial charge in [-0.2, -0.15) is 0 Å². The smallest absolute Gasteiger partial charge is 0.170 e. The summed E-state index contributed by atoms with van der Waals surface area (Å²) >= 11 is 5.82. The summed E-state index contributed by atoms with van der Waals surface area (Å²) in [6, 6.07) is 14.4. The van der Waals surface area contributed by atoms with Gasteiger partial charge >= 0.3 is 0 Å². The molecule has 5 heterocycles. The van der Waals surface area contributed by atoms with Crippen LogP contribution in [0.3, 0.4) is 0 Å². The van der Waals surface area contributed by atoms with Crippen LogP contribution in [0.25, 0.3) is 5.69 Å². The fraction of sp³-hybridized carbons (Fsp3) is 0.348. The third-order valence-corrected chi connectivity index (χ3v) is 6.34. The Morgan fingerprint density at radius 3 is 2.61 bits per heavy atom. The lowest BCUT2D eigenvalue weighted by molar-refractivity contribution is 0.0349. The summed E-state index contributed by atoms with van der Waals surface area (Å²) in [5, 5.41) is 4.33. The van der Waals surface area contributed by atoms with Crippen molar-refractivity contribution < 1.29 is 4.74 Å². The summed E-state index contributed by atoms with van der Waals surface area (Å²) in [6.45, 7) is 5.33. The van der Waals surface area contributed by atoms with Gasteiger partial charge in [-0.3, -0.25) is 14.9 Å². The third kappa shape index (κ3) is 4.19. The second-order valence-electron chi connectivity index (χ2n) is 7.78. The van der Waals surface area contributed by atoms with E-state index in [0.29, 0.717) is 0 Å². The van der Waals surface area contributed by atoms with Gasteiger partial charge in [0.05, 0.1) is 31.0 Å². The molecule has 5 rings (SSSR count). The van der Waals surface area contributed by atoms with E-state index in [0.717, 1.165) is 55.9 Å². The van der Waals surface area contributed by atoms with Crippen molar-refractivity contribution in [3.63, 3.8) is 0 Å². The fourth-order valence-corrected chi connectivity index (χ4v) is 4.75. The Morgan fingerprint density at radius 1 is 1.00 bits per heavy atom. The Morgan fingerprint density at radius 2 is 1.84 bits per heavy atom. The lowest BCUT2D eigenvalue weighted by atomic mass is 10.0. The van der Waals surface area contributed by atoms with Crippen molar-refractivity contribution >= 4 is 17.3 Å². The van der Waals surface area contributed by atoms with E-state index in [-0.39, 0.29) is 12.1 Å². The second kappa shape index (κ2) is 9.13. The SMILES string of the molecule is S=C1N[C@@H](c2ccccn2)[C@H](c2cccn2-c2ccncc2)N1CCN1CCOCC1. The van der Waals surface area contributed by atoms with Gasteiger partial charge in [0.2, 0.25) is 0 Å². The van der Waals surface area contributed by atoms with E-state index >= 15 is 0 Å². The standard InChI is InChI=1S/C23H26N6OS/c31-23-26-21(19-4-1-2-8-25-19)22(29(23)13-12-27-14-16-30-17-15-27)20-5-3-11-28(20)18-6-9-24-10-7-18/h1-11,21-22H,12-17H2,(H,26,31)/t21-,22-/m0/s1. The molecule has 2 aliphatic heterocycles. The van der Waals surface area contributed by atoms with Crippen molar-refractivity contribution in [2.75, 3.05) is 39.4 Å². The van der Waals surface area contributed by atoms with Crippen LogP contribution >= 0.6 is 12.2 Å². The molecule has 2 fully saturated rings. The maximum Gasteiger partial charge on any atom is 0.170 e. The summed E-state index contributed by atoms with van der Waals surface area (Å²) in [5.41, 5.74) is 3.25. The topological polar surface area (TPSA) is 58.5 Å². The molecule has 0 bridgehead atoms. The van der Waals surface area contributed by atoms with Crippen molar-refractivity contribution in [3.8, 4) is 5.69 Å². The summed E-state index contributed by atoms with van der Waals surface area (Å²) in [6.07, 6.45) is 7.59. The number of thiocarbonyl (C=S) groups is 1. The van der Waals surface area contributed by atoms with E-state index < -0.39 is 0 Å². The highest BCUT2D eigenvalue weighted by Gasteiger charge is 2.41. The van der Waals surface area contributed by atoms with Crippen molar-refractivity contribution in [1.29, 1.82) is 0 Å². The van der Waals surface area contributed by atoms with E-state index in [4.69, 9.17) is 17.0 Å². The molecule has 3 aromatic heterocycles. The van der Waals surface area contributed by atoms with Crippen LogP contribution in [-0.4, -0.2) is 68.8 Å². The number of hydrogen-bond acceptors (Lipinski definition) is 5. The lowest BCUT2D eigenvalue weighted by Gasteiger charge is -2.32. The molecule has 1 N–H and O–H groups in total. The van der Waals surface area contributed by atoms with Crippen LogP contribution in [0.15, 0.2) is 67.3 Å². The largest absolute Gasteiger partial charge is 0.379 e. The number of rotatable bonds is 6. The van der Waals surface area contributed by atoms with Gasteiger partial charge in [0.25, 0.3) is 0 Å². The first-order valence-electron chi connectivity index (χ1n) is 10.7. The lowest BCUT2D eigenvalue weighted by Crippen LogP contribution is -2.42. The minimum atomic E-state index is -0.0196. The maximum atomic E-state index is 5.82. The van der Waals surface area contributed by atoms with Gasteiger partial charge in [-0.1, -0.05) is 6.07 Å². The first-order valence-corrected chi connectivity index (χ1v) is 11.1. The van der Waals surface area contributed by atoms with Crippen LogP contribution in [0.1, 0.15) is 23.5 Å². The van der Waals surface area contributed by atoms with Gasteiger partial charge in [0, 0.05) is 62.3 Å². The average Bonchev–Trinajstić information content (AvgIpc) is 3.44. The highest BCUT2D eigenvalue weighted by atomic mass is 32.1. The van der Waals surface area contributed by atoms with Crippen molar-refractivity contribution in [3.05, 3.63) is 78.6 Å². The number of morpholine rings is 1. The van der Waals surface area contributed by atoms with Crippen LogP contribution in [0.5, 0.6) is 0 Å². The van der Waals surface area contributed by atoms with Crippen LogP contribution in [0.2, 0.25) is 0 Å². The molecule has 31 heavy (non-hydrogen) atoms. The van der Waals surface area contributed by atoms with Crippen LogP contribution in [-0.2, 0) is 4.74 Å². The zero-order valence-corrected chi connectivity index (χ0v) is 18.1. The third-order valence-electron chi connectivity index (χ3n) is 5.98. The number of nitrogens with one attached hydrogen (secondary N) is 1.